The van der Waals surface area contributed by atoms with Crippen LogP contribution in [0.15, 0.2) is 28.3 Å². The molecule has 0 saturated carbocycles. The van der Waals surface area contributed by atoms with Crippen molar-refractivity contribution in [2.24, 2.45) is 4.99 Å². The molecule has 0 aliphatic heterocycles. The first-order valence-electron chi connectivity index (χ1n) is 2.72. The highest BCUT2D eigenvalue weighted by Crippen LogP contribution is 1.96. The van der Waals surface area contributed by atoms with Crippen molar-refractivity contribution in [1.82, 2.24) is 0 Å². The van der Waals surface area contributed by atoms with E-state index in [0.717, 1.165) is 0 Å². The lowest BCUT2D eigenvalue weighted by Crippen LogP contribution is -1.69. The largest absolute Gasteiger partial charge is 0.295 e. The summed E-state index contributed by atoms with van der Waals surface area (Å²) >= 11 is 5.62. The van der Waals surface area contributed by atoms with Gasteiger partial charge in [-0.15, -0.1) is 0 Å². The lowest BCUT2D eigenvalue weighted by Gasteiger charge is -1.80. The number of halogens is 1. The van der Waals surface area contributed by atoms with Crippen LogP contribution in [0.5, 0.6) is 0 Å². The average molecular weight is 144 g/mol. The standard InChI is InChI=1S/C7H10ClN/c1-3-4-5-7(8)6-9-2/h3-6H,1-2H3/b4-3+,7-5+,9-6-. The molecule has 0 aliphatic carbocycles. The normalized spacial score (nSPS) is 13.9. The van der Waals surface area contributed by atoms with Gasteiger partial charge >= 0.3 is 0 Å². The Bertz CT molecular complexity index is 145. The Morgan fingerprint density at radius 1 is 1.56 bits per heavy atom. The third-order valence-corrected chi connectivity index (χ3v) is 0.924. The minimum absolute atomic E-state index is 0.649. The van der Waals surface area contributed by atoms with Crippen LogP contribution in [0.2, 0.25) is 0 Å². The van der Waals surface area contributed by atoms with Crippen molar-refractivity contribution >= 4 is 17.8 Å². The minimum Gasteiger partial charge on any atom is -0.295 e. The summed E-state index contributed by atoms with van der Waals surface area (Å²) in [5.74, 6) is 0. The first-order valence-corrected chi connectivity index (χ1v) is 3.09. The van der Waals surface area contributed by atoms with Crippen LogP contribution in [0.4, 0.5) is 0 Å². The van der Waals surface area contributed by atoms with Crippen LogP contribution in [-0.4, -0.2) is 13.3 Å². The van der Waals surface area contributed by atoms with E-state index in [1.54, 1.807) is 19.3 Å². The van der Waals surface area contributed by atoms with Gasteiger partial charge < -0.3 is 0 Å². The van der Waals surface area contributed by atoms with Crippen LogP contribution < -0.4 is 0 Å². The van der Waals surface area contributed by atoms with Gasteiger partial charge in [0.2, 0.25) is 0 Å². The number of hydrogen-bond donors (Lipinski definition) is 0. The number of aliphatic imine (C=N–C) groups is 1. The maximum atomic E-state index is 5.62. The highest BCUT2D eigenvalue weighted by Gasteiger charge is 1.77. The van der Waals surface area contributed by atoms with Crippen molar-refractivity contribution in [2.45, 2.75) is 6.92 Å². The molecule has 0 aromatic heterocycles. The molecule has 0 atom stereocenters. The minimum atomic E-state index is 0.649. The number of hydrogen-bond acceptors (Lipinski definition) is 1. The maximum absolute atomic E-state index is 5.62. The molecule has 0 aromatic rings. The fraction of sp³-hybridized carbons (Fsp3) is 0.286. The van der Waals surface area contributed by atoms with E-state index in [4.69, 9.17) is 11.6 Å². The number of allylic oxidation sites excluding steroid dienone is 4. The fourth-order valence-corrected chi connectivity index (χ4v) is 0.525. The van der Waals surface area contributed by atoms with Crippen LogP contribution in [0.25, 0.3) is 0 Å². The van der Waals surface area contributed by atoms with Crippen LogP contribution in [-0.2, 0) is 0 Å². The van der Waals surface area contributed by atoms with Crippen LogP contribution in [0, 0.1) is 0 Å². The third kappa shape index (κ3) is 5.31. The number of rotatable bonds is 2. The van der Waals surface area contributed by atoms with E-state index in [-0.39, 0.29) is 0 Å². The summed E-state index contributed by atoms with van der Waals surface area (Å²) < 4.78 is 0. The van der Waals surface area contributed by atoms with E-state index in [9.17, 15) is 0 Å². The lowest BCUT2D eigenvalue weighted by molar-refractivity contribution is 1.47. The number of nitrogens with zero attached hydrogens (tertiary/aromatic N) is 1. The smallest absolute Gasteiger partial charge is 0.0584 e. The zero-order chi connectivity index (χ0) is 7.11. The predicted molar refractivity (Wildman–Crippen MR) is 43.2 cm³/mol. The van der Waals surface area contributed by atoms with E-state index < -0.39 is 0 Å². The second-order valence-electron chi connectivity index (χ2n) is 1.46. The van der Waals surface area contributed by atoms with Gasteiger partial charge in [0.1, 0.15) is 0 Å². The predicted octanol–water partition coefficient (Wildman–Crippen LogP) is 2.39. The Balaban J connectivity index is 3.84. The Kier molecular flexibility index (Phi) is 5.23. The summed E-state index contributed by atoms with van der Waals surface area (Å²) in [4.78, 5) is 3.73. The van der Waals surface area contributed by atoms with Gasteiger partial charge in [-0.25, -0.2) is 0 Å². The van der Waals surface area contributed by atoms with Gasteiger partial charge in [0.05, 0.1) is 5.03 Å². The molecule has 2 heteroatoms. The highest BCUT2D eigenvalue weighted by atomic mass is 35.5. The molecule has 0 rings (SSSR count). The summed E-state index contributed by atoms with van der Waals surface area (Å²) in [6, 6.07) is 0. The van der Waals surface area contributed by atoms with Crippen LogP contribution in [0.3, 0.4) is 0 Å². The molecule has 50 valence electrons. The summed E-state index contributed by atoms with van der Waals surface area (Å²) in [6.07, 6.45) is 7.16. The molecule has 0 radical (unpaired) electrons. The van der Waals surface area contributed by atoms with Crippen LogP contribution >= 0.6 is 11.6 Å². The van der Waals surface area contributed by atoms with E-state index in [0.29, 0.717) is 5.03 Å². The van der Waals surface area contributed by atoms with Crippen molar-refractivity contribution in [3.8, 4) is 0 Å². The van der Waals surface area contributed by atoms with Gasteiger partial charge in [-0.1, -0.05) is 23.8 Å². The summed E-state index contributed by atoms with van der Waals surface area (Å²) in [7, 11) is 1.69. The molecule has 1 nitrogen and oxygen atoms in total. The summed E-state index contributed by atoms with van der Waals surface area (Å²) in [6.45, 7) is 1.93. The van der Waals surface area contributed by atoms with Crippen molar-refractivity contribution in [2.75, 3.05) is 7.05 Å². The Morgan fingerprint density at radius 2 is 2.22 bits per heavy atom. The maximum Gasteiger partial charge on any atom is 0.0584 e. The highest BCUT2D eigenvalue weighted by molar-refractivity contribution is 6.39. The molecule has 0 aromatic carbocycles. The molecular formula is C7H10ClN. The molecule has 0 aliphatic rings. The van der Waals surface area contributed by atoms with Gasteiger partial charge in [0, 0.05) is 13.3 Å². The quantitative estimate of drug-likeness (QED) is 0.416. The molecule has 0 heterocycles. The van der Waals surface area contributed by atoms with Gasteiger partial charge in [0.25, 0.3) is 0 Å². The van der Waals surface area contributed by atoms with Crippen LogP contribution in [0.1, 0.15) is 6.92 Å². The first kappa shape index (κ1) is 8.44. The average Bonchev–Trinajstić information content (AvgIpc) is 1.85. The SMILES string of the molecule is C/C=C/C=C(Cl)\C=N/C. The Labute approximate surface area is 60.7 Å². The molecule has 0 N–H and O–H groups in total. The Morgan fingerprint density at radius 3 is 2.67 bits per heavy atom. The molecule has 0 bridgehead atoms. The molecule has 0 unspecified atom stereocenters. The van der Waals surface area contributed by atoms with Gasteiger partial charge in [0.15, 0.2) is 0 Å². The van der Waals surface area contributed by atoms with Gasteiger partial charge in [-0.3, -0.25) is 4.99 Å². The topological polar surface area (TPSA) is 12.4 Å². The second kappa shape index (κ2) is 5.57. The Hall–Kier alpha value is -0.560. The van der Waals surface area contributed by atoms with E-state index in [1.165, 1.54) is 0 Å². The van der Waals surface area contributed by atoms with E-state index in [2.05, 4.69) is 4.99 Å². The van der Waals surface area contributed by atoms with Gasteiger partial charge in [-0.2, -0.15) is 0 Å². The molecular weight excluding hydrogens is 134 g/mol. The first-order chi connectivity index (χ1) is 4.31. The molecule has 0 amide bonds. The monoisotopic (exact) mass is 143 g/mol. The molecule has 0 fully saturated rings. The summed E-state index contributed by atoms with van der Waals surface area (Å²) in [5.41, 5.74) is 0. The van der Waals surface area contributed by atoms with Crippen molar-refractivity contribution in [3.63, 3.8) is 0 Å². The van der Waals surface area contributed by atoms with E-state index in [1.807, 2.05) is 19.1 Å². The molecule has 0 spiro atoms. The van der Waals surface area contributed by atoms with Crippen molar-refractivity contribution in [1.29, 1.82) is 0 Å². The van der Waals surface area contributed by atoms with Gasteiger partial charge in [-0.05, 0) is 13.0 Å². The molecule has 9 heavy (non-hydrogen) atoms. The zero-order valence-electron chi connectivity index (χ0n) is 5.63. The van der Waals surface area contributed by atoms with E-state index >= 15 is 0 Å². The van der Waals surface area contributed by atoms with Crippen molar-refractivity contribution in [3.05, 3.63) is 23.3 Å². The lowest BCUT2D eigenvalue weighted by atomic mass is 10.4. The van der Waals surface area contributed by atoms with Crippen molar-refractivity contribution < 1.29 is 0 Å². The fourth-order valence-electron chi connectivity index (χ4n) is 0.355. The third-order valence-electron chi connectivity index (χ3n) is 0.700. The zero-order valence-corrected chi connectivity index (χ0v) is 6.39. The second-order valence-corrected chi connectivity index (χ2v) is 1.90. The molecule has 0 saturated heterocycles. The summed E-state index contributed by atoms with van der Waals surface area (Å²) in [5, 5.41) is 0.649.